The third-order valence-corrected chi connectivity index (χ3v) is 4.87. The Morgan fingerprint density at radius 1 is 1.07 bits per heavy atom. The van der Waals surface area contributed by atoms with E-state index in [2.05, 4.69) is 10.3 Å². The summed E-state index contributed by atoms with van der Waals surface area (Å²) < 4.78 is 5.12. The fourth-order valence-electron chi connectivity index (χ4n) is 3.37. The highest BCUT2D eigenvalue weighted by molar-refractivity contribution is 6.09. The number of aromatic nitrogens is 1. The number of hydrogen-bond acceptors (Lipinski definition) is 3. The standard InChI is InChI=1S/C22H25N3O3/c1-4-25(14-21(27)24-16-9-11-17(28-3)12-10-16)13-20(26)22-15(2)23-19-8-6-5-7-18(19)22/h5-12,23H,4,13-14H2,1-3H3,(H,24,27)/p+1. The van der Waals surface area contributed by atoms with E-state index >= 15 is 0 Å². The Hall–Kier alpha value is -3.12. The van der Waals surface area contributed by atoms with Crippen LogP contribution >= 0.6 is 0 Å². The summed E-state index contributed by atoms with van der Waals surface area (Å²) in [5.74, 6) is 0.660. The Balaban J connectivity index is 1.65. The minimum Gasteiger partial charge on any atom is -0.497 e. The molecule has 0 radical (unpaired) electrons. The minimum absolute atomic E-state index is 0.0454. The van der Waals surface area contributed by atoms with Gasteiger partial charge in [-0.1, -0.05) is 18.2 Å². The first-order valence-corrected chi connectivity index (χ1v) is 9.39. The van der Waals surface area contributed by atoms with Crippen LogP contribution in [-0.2, 0) is 4.79 Å². The highest BCUT2D eigenvalue weighted by Gasteiger charge is 2.22. The number of aryl methyl sites for hydroxylation is 1. The lowest BCUT2D eigenvalue weighted by Gasteiger charge is -2.16. The number of rotatable bonds is 8. The molecule has 0 aliphatic heterocycles. The lowest BCUT2D eigenvalue weighted by molar-refractivity contribution is -0.881. The molecule has 1 amide bonds. The Kier molecular flexibility index (Phi) is 6.11. The van der Waals surface area contributed by atoms with E-state index in [9.17, 15) is 9.59 Å². The lowest BCUT2D eigenvalue weighted by Crippen LogP contribution is -3.13. The second-order valence-electron chi connectivity index (χ2n) is 6.83. The number of carbonyl (C=O) groups excluding carboxylic acids is 2. The number of fused-ring (bicyclic) bond motifs is 1. The number of ether oxygens (including phenoxy) is 1. The zero-order valence-corrected chi connectivity index (χ0v) is 16.5. The van der Waals surface area contributed by atoms with Crippen LogP contribution in [0.5, 0.6) is 5.75 Å². The monoisotopic (exact) mass is 380 g/mol. The molecule has 0 saturated heterocycles. The molecule has 0 bridgehead atoms. The van der Waals surface area contributed by atoms with Crippen LogP contribution in [0.3, 0.4) is 0 Å². The van der Waals surface area contributed by atoms with Gasteiger partial charge < -0.3 is 19.9 Å². The number of methoxy groups -OCH3 is 1. The highest BCUT2D eigenvalue weighted by Crippen LogP contribution is 2.21. The summed E-state index contributed by atoms with van der Waals surface area (Å²) >= 11 is 0. The number of H-pyrrole nitrogens is 1. The summed E-state index contributed by atoms with van der Waals surface area (Å²) in [6.45, 7) is 5.08. The van der Waals surface area contributed by atoms with Gasteiger partial charge in [0.2, 0.25) is 5.78 Å². The van der Waals surface area contributed by atoms with Crippen molar-refractivity contribution in [2.45, 2.75) is 13.8 Å². The van der Waals surface area contributed by atoms with Crippen LogP contribution in [0.4, 0.5) is 5.69 Å². The van der Waals surface area contributed by atoms with E-state index in [1.165, 1.54) is 0 Å². The molecule has 0 saturated carbocycles. The number of quaternary nitrogens is 1. The van der Waals surface area contributed by atoms with Crippen molar-refractivity contribution in [3.63, 3.8) is 0 Å². The normalized spacial score (nSPS) is 12.0. The van der Waals surface area contributed by atoms with E-state index in [0.717, 1.165) is 32.8 Å². The highest BCUT2D eigenvalue weighted by atomic mass is 16.5. The van der Waals surface area contributed by atoms with Crippen molar-refractivity contribution in [3.8, 4) is 5.75 Å². The topological polar surface area (TPSA) is 75.6 Å². The number of Topliss-reactive ketones (excluding diaryl/α,β-unsaturated/α-hetero) is 1. The number of aromatic amines is 1. The summed E-state index contributed by atoms with van der Waals surface area (Å²) in [6.07, 6.45) is 0. The molecular weight excluding hydrogens is 354 g/mol. The van der Waals surface area contributed by atoms with Crippen LogP contribution in [0, 0.1) is 6.92 Å². The molecule has 0 aliphatic carbocycles. The molecule has 146 valence electrons. The minimum atomic E-state index is -0.120. The molecule has 0 spiro atoms. The molecule has 0 aliphatic rings. The first-order valence-electron chi connectivity index (χ1n) is 9.39. The molecule has 3 N–H and O–H groups in total. The number of nitrogens with one attached hydrogen (secondary N) is 3. The maximum Gasteiger partial charge on any atom is 0.279 e. The van der Waals surface area contributed by atoms with Gasteiger partial charge in [0.15, 0.2) is 6.54 Å². The van der Waals surface area contributed by atoms with E-state index in [4.69, 9.17) is 4.74 Å². The average molecular weight is 380 g/mol. The van der Waals surface area contributed by atoms with Crippen LogP contribution in [0.15, 0.2) is 48.5 Å². The second-order valence-corrected chi connectivity index (χ2v) is 6.83. The first-order chi connectivity index (χ1) is 13.5. The van der Waals surface area contributed by atoms with Crippen LogP contribution in [0.25, 0.3) is 10.9 Å². The van der Waals surface area contributed by atoms with Crippen molar-refractivity contribution >= 4 is 28.3 Å². The van der Waals surface area contributed by atoms with Gasteiger partial charge in [-0.15, -0.1) is 0 Å². The van der Waals surface area contributed by atoms with Crippen LogP contribution in [0.2, 0.25) is 0 Å². The fraction of sp³-hybridized carbons (Fsp3) is 0.273. The van der Waals surface area contributed by atoms with E-state index in [-0.39, 0.29) is 24.8 Å². The van der Waals surface area contributed by atoms with Gasteiger partial charge >= 0.3 is 0 Å². The Morgan fingerprint density at radius 3 is 2.46 bits per heavy atom. The number of anilines is 1. The van der Waals surface area contributed by atoms with Gasteiger partial charge in [0, 0.05) is 22.3 Å². The number of likely N-dealkylation sites (N-methyl/N-ethyl adjacent to an activating group) is 1. The van der Waals surface area contributed by atoms with Gasteiger partial charge in [-0.2, -0.15) is 0 Å². The lowest BCUT2D eigenvalue weighted by atomic mass is 10.1. The Labute approximate surface area is 164 Å². The van der Waals surface area contributed by atoms with Crippen molar-refractivity contribution in [2.24, 2.45) is 0 Å². The van der Waals surface area contributed by atoms with Crippen LogP contribution in [0.1, 0.15) is 23.0 Å². The Bertz CT molecular complexity index is 976. The molecule has 6 nitrogen and oxygen atoms in total. The third-order valence-electron chi connectivity index (χ3n) is 4.87. The molecule has 2 aromatic carbocycles. The SMILES string of the molecule is CC[NH+](CC(=O)Nc1ccc(OC)cc1)CC(=O)c1c(C)[nH]c2ccccc12. The predicted molar refractivity (Wildman–Crippen MR) is 110 cm³/mol. The summed E-state index contributed by atoms with van der Waals surface area (Å²) in [7, 11) is 1.60. The summed E-state index contributed by atoms with van der Waals surface area (Å²) in [5.41, 5.74) is 3.25. The number of hydrogen-bond donors (Lipinski definition) is 3. The zero-order chi connectivity index (χ0) is 20.1. The smallest absolute Gasteiger partial charge is 0.279 e. The van der Waals surface area contributed by atoms with Crippen molar-refractivity contribution in [1.82, 2.24) is 4.98 Å². The molecule has 1 atom stereocenters. The number of ketones is 1. The Morgan fingerprint density at radius 2 is 1.79 bits per heavy atom. The van der Waals surface area contributed by atoms with Gasteiger partial charge in [-0.05, 0) is 44.2 Å². The zero-order valence-electron chi connectivity index (χ0n) is 16.5. The van der Waals surface area contributed by atoms with Crippen molar-refractivity contribution < 1.29 is 19.2 Å². The van der Waals surface area contributed by atoms with Gasteiger partial charge in [0.1, 0.15) is 12.3 Å². The molecule has 3 rings (SSSR count). The second kappa shape index (κ2) is 8.71. The summed E-state index contributed by atoms with van der Waals surface area (Å²) in [5, 5.41) is 3.81. The van der Waals surface area contributed by atoms with Crippen molar-refractivity contribution in [2.75, 3.05) is 32.1 Å². The van der Waals surface area contributed by atoms with Gasteiger partial charge in [0.05, 0.1) is 19.2 Å². The fourth-order valence-corrected chi connectivity index (χ4v) is 3.37. The molecule has 1 aromatic heterocycles. The van der Waals surface area contributed by atoms with E-state index in [1.54, 1.807) is 31.4 Å². The van der Waals surface area contributed by atoms with Crippen molar-refractivity contribution in [1.29, 1.82) is 0 Å². The van der Waals surface area contributed by atoms with E-state index < -0.39 is 0 Å². The summed E-state index contributed by atoms with van der Waals surface area (Å²) in [4.78, 5) is 29.5. The van der Waals surface area contributed by atoms with Crippen LogP contribution < -0.4 is 15.0 Å². The number of benzene rings is 2. The molecule has 3 aromatic rings. The largest absolute Gasteiger partial charge is 0.497 e. The average Bonchev–Trinajstić information content (AvgIpc) is 3.03. The molecule has 0 fully saturated rings. The van der Waals surface area contributed by atoms with Gasteiger partial charge in [0.25, 0.3) is 5.91 Å². The predicted octanol–water partition coefficient (Wildman–Crippen LogP) is 2.21. The molecule has 6 heteroatoms. The summed E-state index contributed by atoms with van der Waals surface area (Å²) in [6, 6.07) is 15.0. The number of amides is 1. The van der Waals surface area contributed by atoms with Crippen molar-refractivity contribution in [3.05, 3.63) is 59.8 Å². The molecular formula is C22H26N3O3+. The molecule has 1 heterocycles. The first kappa shape index (κ1) is 19.6. The third kappa shape index (κ3) is 4.40. The quantitative estimate of drug-likeness (QED) is 0.525. The maximum atomic E-state index is 12.9. The van der Waals surface area contributed by atoms with Gasteiger partial charge in [-0.3, -0.25) is 9.59 Å². The molecule has 1 unspecified atom stereocenters. The van der Waals surface area contributed by atoms with E-state index in [0.29, 0.717) is 12.2 Å². The molecule has 28 heavy (non-hydrogen) atoms. The number of para-hydroxylation sites is 1. The van der Waals surface area contributed by atoms with Gasteiger partial charge in [-0.25, -0.2) is 0 Å². The van der Waals surface area contributed by atoms with E-state index in [1.807, 2.05) is 38.1 Å². The number of carbonyl (C=O) groups is 2. The maximum absolute atomic E-state index is 12.9. The van der Waals surface area contributed by atoms with Crippen LogP contribution in [-0.4, -0.2) is 43.4 Å².